The average Bonchev–Trinajstić information content (AvgIpc) is 3.34. The molecule has 3 aliphatic rings. The molecule has 2 atom stereocenters. The zero-order valence-electron chi connectivity index (χ0n) is 14.2. The molecule has 1 N–H and O–H groups in total. The van der Waals surface area contributed by atoms with E-state index in [0.717, 1.165) is 31.6 Å². The maximum atomic E-state index is 12.4. The van der Waals surface area contributed by atoms with Crippen LogP contribution in [0.15, 0.2) is 0 Å². The first-order chi connectivity index (χ1) is 10.7. The molecule has 1 aliphatic carbocycles. The molecule has 2 aliphatic heterocycles. The molecule has 3 fully saturated rings. The fourth-order valence-electron chi connectivity index (χ4n) is 4.02. The molecule has 0 radical (unpaired) electrons. The molecule has 2 saturated heterocycles. The number of hydrogen-bond acceptors (Lipinski definition) is 3. The van der Waals surface area contributed by atoms with Crippen LogP contribution in [0.25, 0.3) is 0 Å². The van der Waals surface area contributed by atoms with Gasteiger partial charge in [0.1, 0.15) is 0 Å². The molecule has 126 valence electrons. The Labute approximate surface area is 135 Å². The maximum absolute atomic E-state index is 12.4. The number of nitrogens with one attached hydrogen (secondary N) is 1. The second-order valence-electron chi connectivity index (χ2n) is 7.76. The summed E-state index contributed by atoms with van der Waals surface area (Å²) in [6, 6.07) is 0.736. The van der Waals surface area contributed by atoms with Crippen molar-refractivity contribution in [3.63, 3.8) is 0 Å². The summed E-state index contributed by atoms with van der Waals surface area (Å²) in [6.07, 6.45) is 9.26. The van der Waals surface area contributed by atoms with Crippen molar-refractivity contribution >= 4 is 5.91 Å². The van der Waals surface area contributed by atoms with Crippen LogP contribution in [-0.4, -0.2) is 61.0 Å². The average molecular weight is 307 g/mol. The third-order valence-electron chi connectivity index (χ3n) is 5.71. The van der Waals surface area contributed by atoms with Crippen molar-refractivity contribution in [1.82, 2.24) is 15.1 Å². The zero-order valence-corrected chi connectivity index (χ0v) is 14.2. The normalized spacial score (nSPS) is 30.5. The van der Waals surface area contributed by atoms with Gasteiger partial charge in [0, 0.05) is 25.7 Å². The van der Waals surface area contributed by atoms with Crippen LogP contribution in [0, 0.1) is 11.8 Å². The number of rotatable bonds is 6. The standard InChI is InChI=1S/C18H33N3O/c1-15-5-2-3-9-20(15)13-17-6-4-10-21(14-17)18(22)12-19-11-16-7-8-16/h15-17,19H,2-14H2,1H3. The van der Waals surface area contributed by atoms with Gasteiger partial charge in [0.15, 0.2) is 0 Å². The van der Waals surface area contributed by atoms with Crippen LogP contribution in [0.3, 0.4) is 0 Å². The summed E-state index contributed by atoms with van der Waals surface area (Å²) in [5, 5.41) is 3.35. The van der Waals surface area contributed by atoms with Gasteiger partial charge in [-0.2, -0.15) is 0 Å². The van der Waals surface area contributed by atoms with Gasteiger partial charge >= 0.3 is 0 Å². The Morgan fingerprint density at radius 2 is 1.91 bits per heavy atom. The Bertz CT molecular complexity index is 369. The van der Waals surface area contributed by atoms with Crippen LogP contribution in [-0.2, 0) is 4.79 Å². The predicted molar refractivity (Wildman–Crippen MR) is 89.8 cm³/mol. The quantitative estimate of drug-likeness (QED) is 0.816. The summed E-state index contributed by atoms with van der Waals surface area (Å²) < 4.78 is 0. The summed E-state index contributed by atoms with van der Waals surface area (Å²) in [7, 11) is 0. The number of amides is 1. The van der Waals surface area contributed by atoms with Crippen LogP contribution >= 0.6 is 0 Å². The monoisotopic (exact) mass is 307 g/mol. The highest BCUT2D eigenvalue weighted by Gasteiger charge is 2.28. The Hall–Kier alpha value is -0.610. The van der Waals surface area contributed by atoms with Gasteiger partial charge in [-0.3, -0.25) is 4.79 Å². The van der Waals surface area contributed by atoms with Crippen molar-refractivity contribution in [2.75, 3.05) is 39.3 Å². The SMILES string of the molecule is CC1CCCCN1CC1CCCN(C(=O)CNCC2CC2)C1. The van der Waals surface area contributed by atoms with Gasteiger partial charge in [-0.25, -0.2) is 0 Å². The van der Waals surface area contributed by atoms with Gasteiger partial charge in [0.05, 0.1) is 6.54 Å². The predicted octanol–water partition coefficient (Wildman–Crippen LogP) is 2.10. The third-order valence-corrected chi connectivity index (χ3v) is 5.71. The first-order valence-electron chi connectivity index (χ1n) is 9.45. The van der Waals surface area contributed by atoms with Crippen molar-refractivity contribution in [1.29, 1.82) is 0 Å². The van der Waals surface area contributed by atoms with Crippen molar-refractivity contribution in [2.24, 2.45) is 11.8 Å². The first kappa shape index (κ1) is 16.3. The van der Waals surface area contributed by atoms with Gasteiger partial charge in [-0.05, 0) is 70.4 Å². The molecule has 0 bridgehead atoms. The lowest BCUT2D eigenvalue weighted by molar-refractivity contribution is -0.132. The number of hydrogen-bond donors (Lipinski definition) is 1. The van der Waals surface area contributed by atoms with Crippen LogP contribution in [0.2, 0.25) is 0 Å². The maximum Gasteiger partial charge on any atom is 0.236 e. The molecular weight excluding hydrogens is 274 g/mol. The molecule has 2 unspecified atom stereocenters. The van der Waals surface area contributed by atoms with E-state index in [4.69, 9.17) is 0 Å². The number of likely N-dealkylation sites (tertiary alicyclic amines) is 2. The van der Waals surface area contributed by atoms with Crippen molar-refractivity contribution in [3.8, 4) is 0 Å². The van der Waals surface area contributed by atoms with Gasteiger partial charge in [-0.1, -0.05) is 6.42 Å². The highest BCUT2D eigenvalue weighted by Crippen LogP contribution is 2.27. The van der Waals surface area contributed by atoms with Crippen LogP contribution < -0.4 is 5.32 Å². The molecule has 1 amide bonds. The third kappa shape index (κ3) is 4.69. The Morgan fingerprint density at radius 3 is 2.68 bits per heavy atom. The molecule has 0 aromatic heterocycles. The molecule has 4 heteroatoms. The first-order valence-corrected chi connectivity index (χ1v) is 9.45. The summed E-state index contributed by atoms with van der Waals surface area (Å²) in [5.41, 5.74) is 0. The largest absolute Gasteiger partial charge is 0.341 e. The topological polar surface area (TPSA) is 35.6 Å². The lowest BCUT2D eigenvalue weighted by Gasteiger charge is -2.39. The lowest BCUT2D eigenvalue weighted by Crippen LogP contribution is -2.48. The van der Waals surface area contributed by atoms with Crippen molar-refractivity contribution in [2.45, 2.75) is 57.9 Å². The van der Waals surface area contributed by atoms with Gasteiger partial charge in [-0.15, -0.1) is 0 Å². The molecule has 1 saturated carbocycles. The van der Waals surface area contributed by atoms with Crippen molar-refractivity contribution < 1.29 is 4.79 Å². The lowest BCUT2D eigenvalue weighted by atomic mass is 9.94. The number of carbonyl (C=O) groups is 1. The van der Waals surface area contributed by atoms with E-state index in [1.807, 2.05) is 0 Å². The molecular formula is C18H33N3O. The molecule has 0 aromatic carbocycles. The van der Waals surface area contributed by atoms with E-state index in [2.05, 4.69) is 22.0 Å². The van der Waals surface area contributed by atoms with Crippen LogP contribution in [0.1, 0.15) is 51.9 Å². The minimum absolute atomic E-state index is 0.317. The molecule has 22 heavy (non-hydrogen) atoms. The van der Waals surface area contributed by atoms with Gasteiger partial charge in [0.2, 0.25) is 5.91 Å². The van der Waals surface area contributed by atoms with E-state index in [9.17, 15) is 4.79 Å². The minimum Gasteiger partial charge on any atom is -0.341 e. The fourth-order valence-corrected chi connectivity index (χ4v) is 4.02. The number of nitrogens with zero attached hydrogens (tertiary/aromatic N) is 2. The molecule has 3 rings (SSSR count). The minimum atomic E-state index is 0.317. The van der Waals surface area contributed by atoms with E-state index in [1.54, 1.807) is 0 Å². The smallest absolute Gasteiger partial charge is 0.236 e. The van der Waals surface area contributed by atoms with Crippen LogP contribution in [0.5, 0.6) is 0 Å². The fraction of sp³-hybridized carbons (Fsp3) is 0.944. The second-order valence-corrected chi connectivity index (χ2v) is 7.76. The number of piperidine rings is 2. The van der Waals surface area contributed by atoms with E-state index in [0.29, 0.717) is 18.4 Å². The molecule has 2 heterocycles. The summed E-state index contributed by atoms with van der Waals surface area (Å²) >= 11 is 0. The second kappa shape index (κ2) is 7.78. The van der Waals surface area contributed by atoms with E-state index in [1.165, 1.54) is 58.0 Å². The Balaban J connectivity index is 1.40. The van der Waals surface area contributed by atoms with E-state index >= 15 is 0 Å². The van der Waals surface area contributed by atoms with Gasteiger partial charge < -0.3 is 15.1 Å². The Morgan fingerprint density at radius 1 is 1.05 bits per heavy atom. The van der Waals surface area contributed by atoms with Crippen LogP contribution in [0.4, 0.5) is 0 Å². The summed E-state index contributed by atoms with van der Waals surface area (Å²) in [5.74, 6) is 1.85. The summed E-state index contributed by atoms with van der Waals surface area (Å²) in [6.45, 7) is 8.35. The Kier molecular flexibility index (Phi) is 5.75. The number of carbonyl (C=O) groups excluding carboxylic acids is 1. The van der Waals surface area contributed by atoms with E-state index in [-0.39, 0.29) is 0 Å². The highest BCUT2D eigenvalue weighted by atomic mass is 16.2. The van der Waals surface area contributed by atoms with Gasteiger partial charge in [0.25, 0.3) is 0 Å². The van der Waals surface area contributed by atoms with E-state index < -0.39 is 0 Å². The van der Waals surface area contributed by atoms with Crippen molar-refractivity contribution in [3.05, 3.63) is 0 Å². The molecule has 0 aromatic rings. The zero-order chi connectivity index (χ0) is 15.4. The molecule has 4 nitrogen and oxygen atoms in total. The molecule has 0 spiro atoms. The highest BCUT2D eigenvalue weighted by molar-refractivity contribution is 5.78. The summed E-state index contributed by atoms with van der Waals surface area (Å²) in [4.78, 5) is 17.1.